The predicted octanol–water partition coefficient (Wildman–Crippen LogP) is 1.67. The normalized spacial score (nSPS) is 16.3. The highest BCUT2D eigenvalue weighted by atomic mass is 16.4. The van der Waals surface area contributed by atoms with Gasteiger partial charge in [0.05, 0.1) is 0 Å². The van der Waals surface area contributed by atoms with Crippen LogP contribution < -0.4 is 0 Å². The summed E-state index contributed by atoms with van der Waals surface area (Å²) in [5.74, 6) is -0.116. The largest absolute Gasteiger partial charge is 0.477 e. The summed E-state index contributed by atoms with van der Waals surface area (Å²) in [5.41, 5.74) is 1.31. The molecule has 64 valence electrons. The quantitative estimate of drug-likeness (QED) is 0.715. The van der Waals surface area contributed by atoms with E-state index in [0.29, 0.717) is 5.69 Å². The van der Waals surface area contributed by atoms with Crippen LogP contribution in [0.15, 0.2) is 12.3 Å². The Balaban J connectivity index is 2.17. The molecule has 0 unspecified atom stereocenters. The molecule has 1 aromatic heterocycles. The van der Waals surface area contributed by atoms with E-state index in [9.17, 15) is 4.79 Å². The third-order valence-corrected chi connectivity index (χ3v) is 2.25. The lowest BCUT2D eigenvalue weighted by Crippen LogP contribution is -2.01. The molecule has 0 radical (unpaired) electrons. The highest BCUT2D eigenvalue weighted by Gasteiger charge is 2.24. The SMILES string of the molecule is O=C(O)c1[nH]ccc1CC1CC1. The maximum atomic E-state index is 10.7. The highest BCUT2D eigenvalue weighted by molar-refractivity contribution is 5.87. The summed E-state index contributed by atoms with van der Waals surface area (Å²) >= 11 is 0. The van der Waals surface area contributed by atoms with Crippen LogP contribution in [0.5, 0.6) is 0 Å². The van der Waals surface area contributed by atoms with E-state index >= 15 is 0 Å². The molecule has 0 amide bonds. The summed E-state index contributed by atoms with van der Waals surface area (Å²) in [6.07, 6.45) is 5.13. The Labute approximate surface area is 70.4 Å². The van der Waals surface area contributed by atoms with Crippen molar-refractivity contribution >= 4 is 5.97 Å². The van der Waals surface area contributed by atoms with Gasteiger partial charge in [-0.2, -0.15) is 0 Å². The Morgan fingerprint density at radius 1 is 1.67 bits per heavy atom. The molecule has 0 atom stereocenters. The second kappa shape index (κ2) is 2.66. The van der Waals surface area contributed by atoms with Crippen molar-refractivity contribution in [2.75, 3.05) is 0 Å². The number of rotatable bonds is 3. The summed E-state index contributed by atoms with van der Waals surface area (Å²) < 4.78 is 0. The topological polar surface area (TPSA) is 53.1 Å². The predicted molar refractivity (Wildman–Crippen MR) is 44.2 cm³/mol. The molecule has 0 spiro atoms. The molecule has 3 heteroatoms. The van der Waals surface area contributed by atoms with E-state index in [1.807, 2.05) is 6.07 Å². The van der Waals surface area contributed by atoms with E-state index in [1.165, 1.54) is 12.8 Å². The Morgan fingerprint density at radius 2 is 2.42 bits per heavy atom. The van der Waals surface area contributed by atoms with Gasteiger partial charge in [0.2, 0.25) is 0 Å². The van der Waals surface area contributed by atoms with E-state index in [-0.39, 0.29) is 0 Å². The number of aromatic carboxylic acids is 1. The van der Waals surface area contributed by atoms with Crippen molar-refractivity contribution in [1.82, 2.24) is 4.98 Å². The number of nitrogens with one attached hydrogen (secondary N) is 1. The fourth-order valence-corrected chi connectivity index (χ4v) is 1.40. The van der Waals surface area contributed by atoms with Crippen molar-refractivity contribution in [3.05, 3.63) is 23.5 Å². The summed E-state index contributed by atoms with van der Waals surface area (Å²) in [7, 11) is 0. The van der Waals surface area contributed by atoms with Crippen LogP contribution in [0.4, 0.5) is 0 Å². The number of carboxylic acid groups (broad SMARTS) is 1. The number of carbonyl (C=O) groups is 1. The zero-order chi connectivity index (χ0) is 8.55. The zero-order valence-electron chi connectivity index (χ0n) is 6.71. The molecule has 1 fully saturated rings. The van der Waals surface area contributed by atoms with Crippen LogP contribution in [-0.2, 0) is 6.42 Å². The zero-order valence-corrected chi connectivity index (χ0v) is 6.71. The Morgan fingerprint density at radius 3 is 3.00 bits per heavy atom. The molecule has 1 aromatic rings. The van der Waals surface area contributed by atoms with Crippen molar-refractivity contribution in [2.24, 2.45) is 5.92 Å². The van der Waals surface area contributed by atoms with Gasteiger partial charge in [0.15, 0.2) is 0 Å². The van der Waals surface area contributed by atoms with Gasteiger partial charge in [0.25, 0.3) is 0 Å². The summed E-state index contributed by atoms with van der Waals surface area (Å²) in [5, 5.41) is 8.76. The van der Waals surface area contributed by atoms with Gasteiger partial charge in [-0.3, -0.25) is 0 Å². The van der Waals surface area contributed by atoms with E-state index in [0.717, 1.165) is 17.9 Å². The van der Waals surface area contributed by atoms with Gasteiger partial charge in [-0.1, -0.05) is 0 Å². The molecule has 2 rings (SSSR count). The second-order valence-corrected chi connectivity index (χ2v) is 3.33. The third kappa shape index (κ3) is 1.35. The van der Waals surface area contributed by atoms with Crippen LogP contribution >= 0.6 is 0 Å². The first-order valence-electron chi connectivity index (χ1n) is 4.17. The first-order valence-corrected chi connectivity index (χ1v) is 4.17. The lowest BCUT2D eigenvalue weighted by Gasteiger charge is -1.96. The number of aromatic nitrogens is 1. The maximum absolute atomic E-state index is 10.7. The van der Waals surface area contributed by atoms with Gasteiger partial charge in [-0.05, 0) is 36.8 Å². The number of hydrogen-bond donors (Lipinski definition) is 2. The highest BCUT2D eigenvalue weighted by Crippen LogP contribution is 2.33. The summed E-state index contributed by atoms with van der Waals surface area (Å²) in [4.78, 5) is 13.4. The minimum Gasteiger partial charge on any atom is -0.477 e. The van der Waals surface area contributed by atoms with Crippen LogP contribution in [0.2, 0.25) is 0 Å². The lowest BCUT2D eigenvalue weighted by molar-refractivity contribution is 0.0690. The van der Waals surface area contributed by atoms with Crippen molar-refractivity contribution in [3.63, 3.8) is 0 Å². The Kier molecular flexibility index (Phi) is 1.64. The minimum atomic E-state index is -0.851. The number of carboxylic acids is 1. The number of H-pyrrole nitrogens is 1. The average Bonchev–Trinajstić information content (AvgIpc) is 2.66. The van der Waals surface area contributed by atoms with Gasteiger partial charge in [-0.25, -0.2) is 4.79 Å². The number of aromatic amines is 1. The first-order chi connectivity index (χ1) is 5.77. The van der Waals surface area contributed by atoms with Crippen LogP contribution in [0, 0.1) is 5.92 Å². The van der Waals surface area contributed by atoms with Crippen LogP contribution in [0.3, 0.4) is 0 Å². The molecular weight excluding hydrogens is 154 g/mol. The van der Waals surface area contributed by atoms with Crippen molar-refractivity contribution in [1.29, 1.82) is 0 Å². The molecule has 1 aliphatic rings. The second-order valence-electron chi connectivity index (χ2n) is 3.33. The van der Waals surface area contributed by atoms with Crippen LogP contribution in [0.25, 0.3) is 0 Å². The molecule has 12 heavy (non-hydrogen) atoms. The Bertz CT molecular complexity index is 299. The van der Waals surface area contributed by atoms with E-state index in [1.54, 1.807) is 6.20 Å². The van der Waals surface area contributed by atoms with Gasteiger partial charge in [0, 0.05) is 6.20 Å². The molecule has 1 aliphatic carbocycles. The molecule has 2 N–H and O–H groups in total. The van der Waals surface area contributed by atoms with Crippen LogP contribution in [0.1, 0.15) is 28.9 Å². The summed E-state index contributed by atoms with van der Waals surface area (Å²) in [6.45, 7) is 0. The van der Waals surface area contributed by atoms with Gasteiger partial charge >= 0.3 is 5.97 Å². The van der Waals surface area contributed by atoms with Gasteiger partial charge in [0.1, 0.15) is 5.69 Å². The minimum absolute atomic E-state index is 0.363. The molecule has 0 aromatic carbocycles. The monoisotopic (exact) mass is 165 g/mol. The van der Waals surface area contributed by atoms with E-state index < -0.39 is 5.97 Å². The Hall–Kier alpha value is -1.25. The molecule has 0 saturated heterocycles. The molecule has 1 heterocycles. The fourth-order valence-electron chi connectivity index (χ4n) is 1.40. The van der Waals surface area contributed by atoms with Crippen LogP contribution in [-0.4, -0.2) is 16.1 Å². The fraction of sp³-hybridized carbons (Fsp3) is 0.444. The summed E-state index contributed by atoms with van der Waals surface area (Å²) in [6, 6.07) is 1.86. The van der Waals surface area contributed by atoms with E-state index in [4.69, 9.17) is 5.11 Å². The van der Waals surface area contributed by atoms with Gasteiger partial charge < -0.3 is 10.1 Å². The van der Waals surface area contributed by atoms with E-state index in [2.05, 4.69) is 4.98 Å². The first kappa shape index (κ1) is 7.40. The molecule has 1 saturated carbocycles. The lowest BCUT2D eigenvalue weighted by atomic mass is 10.1. The standard InChI is InChI=1S/C9H11NO2/c11-9(12)8-7(3-4-10-8)5-6-1-2-6/h3-4,6,10H,1-2,5H2,(H,11,12). The molecule has 3 nitrogen and oxygen atoms in total. The molecule has 0 bridgehead atoms. The third-order valence-electron chi connectivity index (χ3n) is 2.25. The smallest absolute Gasteiger partial charge is 0.352 e. The van der Waals surface area contributed by atoms with Crippen molar-refractivity contribution in [2.45, 2.75) is 19.3 Å². The van der Waals surface area contributed by atoms with Crippen molar-refractivity contribution in [3.8, 4) is 0 Å². The van der Waals surface area contributed by atoms with Crippen molar-refractivity contribution < 1.29 is 9.90 Å². The molecular formula is C9H11NO2. The molecule has 0 aliphatic heterocycles. The number of hydrogen-bond acceptors (Lipinski definition) is 1. The van der Waals surface area contributed by atoms with Gasteiger partial charge in [-0.15, -0.1) is 0 Å². The average molecular weight is 165 g/mol. The maximum Gasteiger partial charge on any atom is 0.352 e.